The molecule has 0 aliphatic carbocycles. The number of hydrogen-bond donors (Lipinski definition) is 2. The first-order valence-corrected chi connectivity index (χ1v) is 11.9. The predicted molar refractivity (Wildman–Crippen MR) is 140 cm³/mol. The summed E-state index contributed by atoms with van der Waals surface area (Å²) < 4.78 is 5.25. The Morgan fingerprint density at radius 3 is 2.09 bits per heavy atom. The van der Waals surface area contributed by atoms with Crippen LogP contribution < -0.4 is 10.6 Å². The van der Waals surface area contributed by atoms with Crippen LogP contribution in [0.5, 0.6) is 0 Å². The monoisotopic (exact) mass is 501 g/mol. The van der Waals surface area contributed by atoms with E-state index in [2.05, 4.69) is 10.6 Å². The number of ether oxygens (including phenoxy) is 1. The van der Waals surface area contributed by atoms with Gasteiger partial charge in [-0.2, -0.15) is 0 Å². The fourth-order valence-corrected chi connectivity index (χ4v) is 3.87. The summed E-state index contributed by atoms with van der Waals surface area (Å²) in [5, 5.41) is 5.83. The number of benzene rings is 2. The summed E-state index contributed by atoms with van der Waals surface area (Å²) >= 11 is 6.36. The molecule has 2 N–H and O–H groups in total. The third-order valence-electron chi connectivity index (χ3n) is 5.14. The van der Waals surface area contributed by atoms with E-state index in [0.717, 1.165) is 11.1 Å². The van der Waals surface area contributed by atoms with Crippen LogP contribution in [0.25, 0.3) is 0 Å². The molecule has 7 nitrogen and oxygen atoms in total. The molecular weight excluding hydrogens is 466 g/mol. The van der Waals surface area contributed by atoms with Gasteiger partial charge in [0.05, 0.1) is 10.7 Å². The van der Waals surface area contributed by atoms with Gasteiger partial charge in [0, 0.05) is 5.54 Å². The zero-order valence-corrected chi connectivity index (χ0v) is 22.5. The number of alkyl carbamates (subject to hydrolysis) is 1. The smallest absolute Gasteiger partial charge is 0.408 e. The van der Waals surface area contributed by atoms with Crippen LogP contribution in [0.3, 0.4) is 0 Å². The molecule has 0 radical (unpaired) electrons. The maximum absolute atomic E-state index is 13.7. The highest BCUT2D eigenvalue weighted by Gasteiger charge is 2.39. The molecule has 0 aliphatic rings. The molecule has 0 spiro atoms. The van der Waals surface area contributed by atoms with Gasteiger partial charge in [0.1, 0.15) is 18.2 Å². The Hall–Kier alpha value is -3.06. The fraction of sp³-hybridized carbons (Fsp3) is 0.444. The normalized spacial score (nSPS) is 12.5. The van der Waals surface area contributed by atoms with Gasteiger partial charge in [0.15, 0.2) is 0 Å². The number of hydrogen-bond acceptors (Lipinski definition) is 4. The van der Waals surface area contributed by atoms with Crippen LogP contribution in [-0.4, -0.2) is 40.5 Å². The van der Waals surface area contributed by atoms with Gasteiger partial charge in [-0.05, 0) is 72.6 Å². The summed E-state index contributed by atoms with van der Waals surface area (Å²) in [4.78, 5) is 40.9. The number of carbonyl (C=O) groups is 3. The van der Waals surface area contributed by atoms with Gasteiger partial charge in [-0.25, -0.2) is 4.79 Å². The van der Waals surface area contributed by atoms with Crippen LogP contribution in [0.2, 0.25) is 5.02 Å². The van der Waals surface area contributed by atoms with E-state index < -0.39 is 35.1 Å². The SMILES string of the molecule is Cc1ccc(C(C(=O)Nc2c(C)cccc2Cl)N(C(=O)CNC(=O)OC(C)(C)C)C(C)(C)C)cc1. The molecule has 0 aromatic heterocycles. The minimum atomic E-state index is -0.973. The van der Waals surface area contributed by atoms with Crippen LogP contribution >= 0.6 is 11.6 Å². The zero-order valence-electron chi connectivity index (χ0n) is 21.8. The lowest BCUT2D eigenvalue weighted by Gasteiger charge is -2.41. The topological polar surface area (TPSA) is 87.7 Å². The van der Waals surface area contributed by atoms with Crippen molar-refractivity contribution in [2.75, 3.05) is 11.9 Å². The van der Waals surface area contributed by atoms with Crippen molar-refractivity contribution in [1.29, 1.82) is 0 Å². The molecule has 2 aromatic carbocycles. The average Bonchev–Trinajstić information content (AvgIpc) is 2.71. The zero-order chi connectivity index (χ0) is 26.6. The molecule has 8 heteroatoms. The van der Waals surface area contributed by atoms with Gasteiger partial charge >= 0.3 is 6.09 Å². The number of anilines is 1. The molecule has 3 amide bonds. The maximum Gasteiger partial charge on any atom is 0.408 e. The summed E-state index contributed by atoms with van der Waals surface area (Å²) in [5.74, 6) is -0.842. The van der Waals surface area contributed by atoms with Crippen molar-refractivity contribution in [3.8, 4) is 0 Å². The number of aryl methyl sites for hydroxylation is 2. The number of carbonyl (C=O) groups excluding carboxylic acids is 3. The van der Waals surface area contributed by atoms with E-state index in [1.807, 2.05) is 65.0 Å². The quantitative estimate of drug-likeness (QED) is 0.524. The molecule has 2 rings (SSSR count). The molecular formula is C27H36ClN3O4. The Kier molecular flexibility index (Phi) is 8.95. The van der Waals surface area contributed by atoms with E-state index in [1.165, 1.54) is 4.90 Å². The molecule has 1 unspecified atom stereocenters. The second-order valence-corrected chi connectivity index (χ2v) is 10.9. The Labute approximate surface area is 213 Å². The lowest BCUT2D eigenvalue weighted by atomic mass is 9.96. The van der Waals surface area contributed by atoms with Crippen LogP contribution in [0.1, 0.15) is 64.3 Å². The standard InChI is InChI=1S/C27H36ClN3O4/c1-17-12-14-19(15-13-17)23(24(33)30-22-18(2)10-9-11-20(22)28)31(26(3,4)5)21(32)16-29-25(34)35-27(6,7)8/h9-15,23H,16H2,1-8H3,(H,29,34)(H,30,33). The van der Waals surface area contributed by atoms with Crippen LogP contribution in [0, 0.1) is 13.8 Å². The van der Waals surface area contributed by atoms with Gasteiger partial charge in [-0.15, -0.1) is 0 Å². The first-order valence-electron chi connectivity index (χ1n) is 11.5. The van der Waals surface area contributed by atoms with Gasteiger partial charge in [-0.1, -0.05) is 53.6 Å². The van der Waals surface area contributed by atoms with Gasteiger partial charge < -0.3 is 20.3 Å². The highest BCUT2D eigenvalue weighted by Crippen LogP contribution is 2.32. The van der Waals surface area contributed by atoms with E-state index in [1.54, 1.807) is 32.9 Å². The van der Waals surface area contributed by atoms with E-state index >= 15 is 0 Å². The number of rotatable bonds is 6. The van der Waals surface area contributed by atoms with Gasteiger partial charge in [0.2, 0.25) is 5.91 Å². The number of halogens is 1. The molecule has 0 fully saturated rings. The first-order chi connectivity index (χ1) is 16.1. The van der Waals surface area contributed by atoms with Crippen molar-refractivity contribution in [3.05, 3.63) is 64.2 Å². The molecule has 0 saturated carbocycles. The predicted octanol–water partition coefficient (Wildman–Crippen LogP) is 5.79. The van der Waals surface area contributed by atoms with Crippen LogP contribution in [0.15, 0.2) is 42.5 Å². The second kappa shape index (κ2) is 11.1. The van der Waals surface area contributed by atoms with Crippen molar-refractivity contribution in [1.82, 2.24) is 10.2 Å². The third-order valence-corrected chi connectivity index (χ3v) is 5.46. The second-order valence-electron chi connectivity index (χ2n) is 10.5. The molecule has 0 bridgehead atoms. The third kappa shape index (κ3) is 7.99. The molecule has 1 atom stereocenters. The first kappa shape index (κ1) is 28.2. The number of nitrogens with zero attached hydrogens (tertiary/aromatic N) is 1. The lowest BCUT2D eigenvalue weighted by molar-refractivity contribution is -0.144. The lowest BCUT2D eigenvalue weighted by Crippen LogP contribution is -2.54. The van der Waals surface area contributed by atoms with Gasteiger partial charge in [-0.3, -0.25) is 9.59 Å². The molecule has 0 aliphatic heterocycles. The van der Waals surface area contributed by atoms with E-state index in [4.69, 9.17) is 16.3 Å². The average molecular weight is 502 g/mol. The highest BCUT2D eigenvalue weighted by atomic mass is 35.5. The maximum atomic E-state index is 13.7. The largest absolute Gasteiger partial charge is 0.444 e. The van der Waals surface area contributed by atoms with Crippen molar-refractivity contribution in [3.63, 3.8) is 0 Å². The minimum absolute atomic E-state index is 0.326. The van der Waals surface area contributed by atoms with E-state index in [9.17, 15) is 14.4 Å². The summed E-state index contributed by atoms with van der Waals surface area (Å²) in [7, 11) is 0. The van der Waals surface area contributed by atoms with E-state index in [-0.39, 0.29) is 6.54 Å². The van der Waals surface area contributed by atoms with Crippen molar-refractivity contribution < 1.29 is 19.1 Å². The van der Waals surface area contributed by atoms with Crippen LogP contribution in [-0.2, 0) is 14.3 Å². The highest BCUT2D eigenvalue weighted by molar-refractivity contribution is 6.34. The number of amides is 3. The van der Waals surface area contributed by atoms with E-state index in [0.29, 0.717) is 16.3 Å². The molecule has 35 heavy (non-hydrogen) atoms. The van der Waals surface area contributed by atoms with Crippen molar-refractivity contribution >= 4 is 35.2 Å². The summed E-state index contributed by atoms with van der Waals surface area (Å²) in [6.07, 6.45) is -0.706. The van der Waals surface area contributed by atoms with Crippen LogP contribution in [0.4, 0.5) is 10.5 Å². The molecule has 2 aromatic rings. The Morgan fingerprint density at radius 1 is 0.971 bits per heavy atom. The Bertz CT molecular complexity index is 1050. The number of nitrogens with one attached hydrogen (secondary N) is 2. The fourth-order valence-electron chi connectivity index (χ4n) is 3.60. The summed E-state index contributed by atoms with van der Waals surface area (Å²) in [6.45, 7) is 14.2. The van der Waals surface area contributed by atoms with Crippen molar-refractivity contribution in [2.24, 2.45) is 0 Å². The Balaban J connectivity index is 2.45. The molecule has 0 heterocycles. The summed E-state index contributed by atoms with van der Waals surface area (Å²) in [6, 6.07) is 11.8. The molecule has 190 valence electrons. The molecule has 0 saturated heterocycles. The summed E-state index contributed by atoms with van der Waals surface area (Å²) in [5.41, 5.74) is 1.50. The number of para-hydroxylation sites is 1. The minimum Gasteiger partial charge on any atom is -0.444 e. The van der Waals surface area contributed by atoms with Crippen molar-refractivity contribution in [2.45, 2.75) is 72.6 Å². The Morgan fingerprint density at radius 2 is 1.57 bits per heavy atom. The van der Waals surface area contributed by atoms with Gasteiger partial charge in [0.25, 0.3) is 5.91 Å².